The molecule has 0 aromatic rings. The molecule has 7 nitrogen and oxygen atoms in total. The van der Waals surface area contributed by atoms with Crippen LogP contribution in [0.15, 0.2) is 12.2 Å². The summed E-state index contributed by atoms with van der Waals surface area (Å²) in [5.74, 6) is -0.167. The molecule has 1 amide bonds. The van der Waals surface area contributed by atoms with E-state index in [9.17, 15) is 13.2 Å². The van der Waals surface area contributed by atoms with Crippen LogP contribution in [0.2, 0.25) is 0 Å². The minimum absolute atomic E-state index is 0.0794. The standard InChI is InChI=1S/C11H22N2O5S/c1-10(2)11(14)12-6-5-7-13(3,4)8-9-18-19(15,16)17/h1,5-9H2,2-4H3,(H-,12,14,15,16,17)/p+1. The second-order valence-electron chi connectivity index (χ2n) is 5.02. The maximum atomic E-state index is 11.2. The van der Waals surface area contributed by atoms with Gasteiger partial charge in [0.1, 0.15) is 13.2 Å². The Hall–Kier alpha value is -0.960. The second-order valence-corrected chi connectivity index (χ2v) is 6.11. The molecule has 0 fully saturated rings. The van der Waals surface area contributed by atoms with Crippen LogP contribution in [0.3, 0.4) is 0 Å². The maximum Gasteiger partial charge on any atom is 0.397 e. The van der Waals surface area contributed by atoms with Gasteiger partial charge in [0, 0.05) is 18.5 Å². The largest absolute Gasteiger partial charge is 0.397 e. The molecule has 0 bridgehead atoms. The first-order valence-electron chi connectivity index (χ1n) is 5.91. The summed E-state index contributed by atoms with van der Waals surface area (Å²) in [4.78, 5) is 11.2. The Morgan fingerprint density at radius 2 is 1.95 bits per heavy atom. The lowest BCUT2D eigenvalue weighted by molar-refractivity contribution is -0.890. The Labute approximate surface area is 114 Å². The minimum Gasteiger partial charge on any atom is -0.352 e. The van der Waals surface area contributed by atoms with Gasteiger partial charge in [0.2, 0.25) is 5.91 Å². The van der Waals surface area contributed by atoms with E-state index in [0.29, 0.717) is 23.1 Å². The maximum absolute atomic E-state index is 11.2. The van der Waals surface area contributed by atoms with Crippen LogP contribution in [0.1, 0.15) is 13.3 Å². The number of hydrogen-bond acceptors (Lipinski definition) is 4. The van der Waals surface area contributed by atoms with Gasteiger partial charge in [0.15, 0.2) is 0 Å². The highest BCUT2D eigenvalue weighted by Crippen LogP contribution is 2.00. The summed E-state index contributed by atoms with van der Waals surface area (Å²) in [5.41, 5.74) is 0.468. The number of quaternary nitrogens is 1. The molecule has 8 heteroatoms. The number of hydrogen-bond donors (Lipinski definition) is 2. The van der Waals surface area contributed by atoms with Crippen molar-refractivity contribution in [3.05, 3.63) is 12.2 Å². The predicted octanol–water partition coefficient (Wildman–Crippen LogP) is -0.0354. The fourth-order valence-electron chi connectivity index (χ4n) is 1.36. The summed E-state index contributed by atoms with van der Waals surface area (Å²) in [7, 11) is -0.548. The van der Waals surface area contributed by atoms with Crippen LogP contribution in [-0.2, 0) is 19.4 Å². The SMILES string of the molecule is C=C(C)C(=O)NCCC[N+](C)(C)CCOS(=O)(=O)O. The summed E-state index contributed by atoms with van der Waals surface area (Å²) in [6.45, 7) is 6.81. The highest BCUT2D eigenvalue weighted by Gasteiger charge is 2.16. The zero-order valence-electron chi connectivity index (χ0n) is 11.7. The molecule has 0 aliphatic heterocycles. The lowest BCUT2D eigenvalue weighted by atomic mass is 10.3. The quantitative estimate of drug-likeness (QED) is 0.269. The molecule has 0 aliphatic rings. The van der Waals surface area contributed by atoms with Crippen molar-refractivity contribution in [2.24, 2.45) is 0 Å². The Morgan fingerprint density at radius 1 is 1.37 bits per heavy atom. The van der Waals surface area contributed by atoms with Crippen molar-refractivity contribution in [2.75, 3.05) is 40.3 Å². The lowest BCUT2D eigenvalue weighted by Crippen LogP contribution is -2.44. The number of nitrogens with one attached hydrogen (secondary N) is 1. The molecule has 0 rings (SSSR count). The Balaban J connectivity index is 3.85. The third-order valence-electron chi connectivity index (χ3n) is 2.54. The van der Waals surface area contributed by atoms with E-state index in [-0.39, 0.29) is 12.5 Å². The van der Waals surface area contributed by atoms with E-state index in [0.717, 1.165) is 13.0 Å². The van der Waals surface area contributed by atoms with Crippen molar-refractivity contribution in [3.8, 4) is 0 Å². The Morgan fingerprint density at radius 3 is 2.42 bits per heavy atom. The second kappa shape index (κ2) is 7.59. The lowest BCUT2D eigenvalue weighted by Gasteiger charge is -2.29. The molecule has 0 saturated heterocycles. The molecule has 112 valence electrons. The summed E-state index contributed by atoms with van der Waals surface area (Å²) in [6, 6.07) is 0. The van der Waals surface area contributed by atoms with Crippen molar-refractivity contribution in [1.29, 1.82) is 0 Å². The summed E-state index contributed by atoms with van der Waals surface area (Å²) in [5, 5.41) is 2.72. The molecule has 0 aromatic carbocycles. The Kier molecular flexibility index (Phi) is 7.20. The molecule has 0 radical (unpaired) electrons. The fraction of sp³-hybridized carbons (Fsp3) is 0.727. The topological polar surface area (TPSA) is 92.7 Å². The first-order chi connectivity index (χ1) is 8.53. The third-order valence-corrected chi connectivity index (χ3v) is 3.01. The van der Waals surface area contributed by atoms with Crippen molar-refractivity contribution in [3.63, 3.8) is 0 Å². The van der Waals surface area contributed by atoms with E-state index in [2.05, 4.69) is 16.1 Å². The normalized spacial score (nSPS) is 12.2. The summed E-state index contributed by atoms with van der Waals surface area (Å²) >= 11 is 0. The summed E-state index contributed by atoms with van der Waals surface area (Å²) in [6.07, 6.45) is 0.748. The number of amides is 1. The smallest absolute Gasteiger partial charge is 0.352 e. The van der Waals surface area contributed by atoms with Crippen LogP contribution in [0.4, 0.5) is 0 Å². The van der Waals surface area contributed by atoms with Crippen LogP contribution in [0.5, 0.6) is 0 Å². The van der Waals surface area contributed by atoms with Gasteiger partial charge in [-0.25, -0.2) is 4.18 Å². The molecule has 0 spiro atoms. The van der Waals surface area contributed by atoms with E-state index in [4.69, 9.17) is 4.55 Å². The van der Waals surface area contributed by atoms with Crippen LogP contribution in [0.25, 0.3) is 0 Å². The van der Waals surface area contributed by atoms with Crippen LogP contribution >= 0.6 is 0 Å². The van der Waals surface area contributed by atoms with Crippen molar-refractivity contribution >= 4 is 16.3 Å². The Bertz CT molecular complexity index is 417. The average molecular weight is 295 g/mol. The third kappa shape index (κ3) is 10.6. The average Bonchev–Trinajstić information content (AvgIpc) is 2.21. The van der Waals surface area contributed by atoms with Gasteiger partial charge >= 0.3 is 10.4 Å². The number of carbonyl (C=O) groups is 1. The van der Waals surface area contributed by atoms with E-state index in [1.807, 2.05) is 14.1 Å². The van der Waals surface area contributed by atoms with Crippen LogP contribution < -0.4 is 5.32 Å². The fourth-order valence-corrected chi connectivity index (χ4v) is 1.65. The van der Waals surface area contributed by atoms with Gasteiger partial charge in [-0.05, 0) is 6.92 Å². The number of carbonyl (C=O) groups excluding carboxylic acids is 1. The van der Waals surface area contributed by atoms with E-state index >= 15 is 0 Å². The number of likely N-dealkylation sites (N-methyl/N-ethyl adjacent to an activating group) is 1. The van der Waals surface area contributed by atoms with Crippen LogP contribution in [-0.4, -0.2) is 63.7 Å². The molecule has 0 saturated carbocycles. The minimum atomic E-state index is -4.37. The summed E-state index contributed by atoms with van der Waals surface area (Å²) < 4.78 is 34.0. The zero-order chi connectivity index (χ0) is 15.1. The number of nitrogens with zero attached hydrogens (tertiary/aromatic N) is 1. The predicted molar refractivity (Wildman–Crippen MR) is 71.8 cm³/mol. The van der Waals surface area contributed by atoms with E-state index in [1.54, 1.807) is 6.92 Å². The van der Waals surface area contributed by atoms with Gasteiger partial charge in [-0.15, -0.1) is 0 Å². The van der Waals surface area contributed by atoms with Gasteiger partial charge in [-0.2, -0.15) is 8.42 Å². The highest BCUT2D eigenvalue weighted by atomic mass is 32.3. The van der Waals surface area contributed by atoms with Gasteiger partial charge < -0.3 is 9.80 Å². The van der Waals surface area contributed by atoms with E-state index < -0.39 is 10.4 Å². The van der Waals surface area contributed by atoms with Gasteiger partial charge in [0.05, 0.1) is 20.6 Å². The van der Waals surface area contributed by atoms with Crippen molar-refractivity contribution < 1.29 is 26.4 Å². The van der Waals surface area contributed by atoms with Crippen molar-refractivity contribution in [1.82, 2.24) is 5.32 Å². The van der Waals surface area contributed by atoms with Gasteiger partial charge in [-0.1, -0.05) is 6.58 Å². The molecule has 0 atom stereocenters. The molecule has 19 heavy (non-hydrogen) atoms. The van der Waals surface area contributed by atoms with Crippen LogP contribution in [0, 0.1) is 0 Å². The molecular formula is C11H23N2O5S+. The number of rotatable bonds is 9. The molecule has 2 N–H and O–H groups in total. The van der Waals surface area contributed by atoms with Gasteiger partial charge in [-0.3, -0.25) is 9.35 Å². The molecule has 0 aromatic heterocycles. The monoisotopic (exact) mass is 295 g/mol. The zero-order valence-corrected chi connectivity index (χ0v) is 12.5. The molecule has 0 heterocycles. The highest BCUT2D eigenvalue weighted by molar-refractivity contribution is 7.80. The van der Waals surface area contributed by atoms with Gasteiger partial charge in [0.25, 0.3) is 0 Å². The molecular weight excluding hydrogens is 272 g/mol. The molecule has 0 aliphatic carbocycles. The van der Waals surface area contributed by atoms with Crippen molar-refractivity contribution in [2.45, 2.75) is 13.3 Å². The van der Waals surface area contributed by atoms with E-state index in [1.165, 1.54) is 0 Å². The first kappa shape index (κ1) is 18.0. The first-order valence-corrected chi connectivity index (χ1v) is 7.27. The molecule has 0 unspecified atom stereocenters.